The van der Waals surface area contributed by atoms with Crippen molar-refractivity contribution in [1.29, 1.82) is 0 Å². The fraction of sp³-hybridized carbons (Fsp3) is 0.632. The lowest BCUT2D eigenvalue weighted by Crippen LogP contribution is -2.42. The molecular formula is C19H29ClN2O2. The minimum absolute atomic E-state index is 0.176. The van der Waals surface area contributed by atoms with Gasteiger partial charge in [0.1, 0.15) is 0 Å². The van der Waals surface area contributed by atoms with Gasteiger partial charge in [0.2, 0.25) is 5.91 Å². The molecule has 0 N–H and O–H groups in total. The Labute approximate surface area is 150 Å². The highest BCUT2D eigenvalue weighted by Gasteiger charge is 2.22. The Balaban J connectivity index is 1.74. The van der Waals surface area contributed by atoms with Crippen LogP contribution in [0.4, 0.5) is 0 Å². The molecule has 1 saturated heterocycles. The maximum atomic E-state index is 12.0. The van der Waals surface area contributed by atoms with Gasteiger partial charge in [0.05, 0.1) is 13.0 Å². The van der Waals surface area contributed by atoms with E-state index in [1.165, 1.54) is 18.4 Å². The lowest BCUT2D eigenvalue weighted by molar-refractivity contribution is -0.131. The molecule has 1 amide bonds. The lowest BCUT2D eigenvalue weighted by Gasteiger charge is -2.34. The Kier molecular flexibility index (Phi) is 8.03. The summed E-state index contributed by atoms with van der Waals surface area (Å²) < 4.78 is 4.99. The first-order valence-electron chi connectivity index (χ1n) is 8.78. The average molecular weight is 353 g/mol. The molecule has 5 heteroatoms. The molecule has 0 bridgehead atoms. The molecule has 1 atom stereocenters. The van der Waals surface area contributed by atoms with Crippen LogP contribution >= 0.6 is 11.6 Å². The average Bonchev–Trinajstić information content (AvgIpc) is 2.59. The van der Waals surface area contributed by atoms with Crippen LogP contribution in [0.15, 0.2) is 24.3 Å². The van der Waals surface area contributed by atoms with E-state index >= 15 is 0 Å². The zero-order chi connectivity index (χ0) is 17.4. The molecule has 24 heavy (non-hydrogen) atoms. The van der Waals surface area contributed by atoms with E-state index in [4.69, 9.17) is 16.3 Å². The molecule has 0 unspecified atom stereocenters. The molecule has 1 aliphatic rings. The molecule has 0 spiro atoms. The van der Waals surface area contributed by atoms with Gasteiger partial charge in [0, 0.05) is 38.8 Å². The number of halogens is 1. The van der Waals surface area contributed by atoms with Crippen molar-refractivity contribution in [2.45, 2.75) is 25.7 Å². The van der Waals surface area contributed by atoms with E-state index in [1.54, 1.807) is 7.11 Å². The number of carbonyl (C=O) groups is 1. The van der Waals surface area contributed by atoms with Crippen LogP contribution < -0.4 is 0 Å². The minimum atomic E-state index is 0.176. The van der Waals surface area contributed by atoms with Crippen LogP contribution in [0.1, 0.15) is 24.8 Å². The van der Waals surface area contributed by atoms with Gasteiger partial charge in [-0.05, 0) is 49.4 Å². The zero-order valence-corrected chi connectivity index (χ0v) is 15.6. The Hall–Kier alpha value is -1.10. The number of benzene rings is 1. The fourth-order valence-corrected chi connectivity index (χ4v) is 3.44. The number of likely N-dealkylation sites (tertiary alicyclic amines) is 1. The molecule has 1 aromatic rings. The van der Waals surface area contributed by atoms with Gasteiger partial charge >= 0.3 is 0 Å². The second kappa shape index (κ2) is 10.0. The first kappa shape index (κ1) is 19.2. The highest BCUT2D eigenvalue weighted by molar-refractivity contribution is 6.30. The maximum absolute atomic E-state index is 12.0. The Bertz CT molecular complexity index is 507. The summed E-state index contributed by atoms with van der Waals surface area (Å²) in [5, 5.41) is 0.790. The SMILES string of the molecule is COCCC(=O)N(C)C[C@H]1CCCN(CCc2ccc(Cl)cc2)C1. The van der Waals surface area contributed by atoms with Crippen molar-refractivity contribution in [2.24, 2.45) is 5.92 Å². The standard InChI is InChI=1S/C19H29ClN2O2/c1-21(19(23)10-13-24-2)14-17-4-3-11-22(15-17)12-9-16-5-7-18(20)8-6-16/h5-8,17H,3-4,9-15H2,1-2H3/t17-/m1/s1. The summed E-state index contributed by atoms with van der Waals surface area (Å²) >= 11 is 5.93. The molecule has 2 rings (SSSR count). The second-order valence-electron chi connectivity index (χ2n) is 6.70. The summed E-state index contributed by atoms with van der Waals surface area (Å²) in [6.45, 7) is 4.65. The van der Waals surface area contributed by atoms with E-state index in [2.05, 4.69) is 17.0 Å². The topological polar surface area (TPSA) is 32.8 Å². The molecule has 0 radical (unpaired) electrons. The van der Waals surface area contributed by atoms with Crippen LogP contribution in [0.5, 0.6) is 0 Å². The van der Waals surface area contributed by atoms with Gasteiger partial charge in [0.15, 0.2) is 0 Å². The summed E-state index contributed by atoms with van der Waals surface area (Å²) in [4.78, 5) is 16.4. The molecule has 0 saturated carbocycles. The van der Waals surface area contributed by atoms with Crippen molar-refractivity contribution in [2.75, 3.05) is 46.9 Å². The molecular weight excluding hydrogens is 324 g/mol. The van der Waals surface area contributed by atoms with Gasteiger partial charge in [-0.2, -0.15) is 0 Å². The first-order chi connectivity index (χ1) is 11.6. The van der Waals surface area contributed by atoms with Crippen molar-refractivity contribution in [1.82, 2.24) is 9.80 Å². The highest BCUT2D eigenvalue weighted by Crippen LogP contribution is 2.18. The number of hydrogen-bond donors (Lipinski definition) is 0. The Morgan fingerprint density at radius 2 is 2.12 bits per heavy atom. The number of carbonyl (C=O) groups excluding carboxylic acids is 1. The van der Waals surface area contributed by atoms with E-state index in [0.717, 1.165) is 37.6 Å². The number of amides is 1. The summed E-state index contributed by atoms with van der Waals surface area (Å²) in [6.07, 6.45) is 3.94. The number of ether oxygens (including phenoxy) is 1. The molecule has 4 nitrogen and oxygen atoms in total. The minimum Gasteiger partial charge on any atom is -0.384 e. The van der Waals surface area contributed by atoms with Crippen LogP contribution in [-0.2, 0) is 16.0 Å². The normalized spacial score (nSPS) is 18.5. The highest BCUT2D eigenvalue weighted by atomic mass is 35.5. The predicted octanol–water partition coefficient (Wildman–Crippen LogP) is 3.09. The zero-order valence-electron chi connectivity index (χ0n) is 14.8. The van der Waals surface area contributed by atoms with E-state index in [-0.39, 0.29) is 5.91 Å². The van der Waals surface area contributed by atoms with Gasteiger partial charge in [-0.1, -0.05) is 23.7 Å². The van der Waals surface area contributed by atoms with Gasteiger partial charge < -0.3 is 14.5 Å². The molecule has 1 fully saturated rings. The maximum Gasteiger partial charge on any atom is 0.224 e. The smallest absolute Gasteiger partial charge is 0.224 e. The number of nitrogens with zero attached hydrogens (tertiary/aromatic N) is 2. The Morgan fingerprint density at radius 3 is 2.83 bits per heavy atom. The quantitative estimate of drug-likeness (QED) is 0.720. The van der Waals surface area contributed by atoms with Crippen molar-refractivity contribution in [3.8, 4) is 0 Å². The number of hydrogen-bond acceptors (Lipinski definition) is 3. The third-order valence-corrected chi connectivity index (χ3v) is 4.96. The van der Waals surface area contributed by atoms with E-state index in [1.807, 2.05) is 24.1 Å². The monoisotopic (exact) mass is 352 g/mol. The van der Waals surface area contributed by atoms with Gasteiger partial charge in [-0.15, -0.1) is 0 Å². The van der Waals surface area contributed by atoms with Crippen LogP contribution in [0.25, 0.3) is 0 Å². The van der Waals surface area contributed by atoms with Crippen molar-refractivity contribution < 1.29 is 9.53 Å². The fourth-order valence-electron chi connectivity index (χ4n) is 3.31. The van der Waals surface area contributed by atoms with E-state index < -0.39 is 0 Å². The molecule has 0 aromatic heterocycles. The third-order valence-electron chi connectivity index (χ3n) is 4.71. The summed E-state index contributed by atoms with van der Waals surface area (Å²) in [5.74, 6) is 0.746. The molecule has 1 aliphatic heterocycles. The van der Waals surface area contributed by atoms with Gasteiger partial charge in [0.25, 0.3) is 0 Å². The molecule has 1 aromatic carbocycles. The first-order valence-corrected chi connectivity index (χ1v) is 9.16. The summed E-state index contributed by atoms with van der Waals surface area (Å²) in [7, 11) is 3.54. The summed E-state index contributed by atoms with van der Waals surface area (Å²) in [5.41, 5.74) is 1.33. The lowest BCUT2D eigenvalue weighted by atomic mass is 9.97. The largest absolute Gasteiger partial charge is 0.384 e. The molecule has 0 aliphatic carbocycles. The van der Waals surface area contributed by atoms with Crippen LogP contribution in [-0.4, -0.2) is 62.7 Å². The van der Waals surface area contributed by atoms with Crippen LogP contribution in [0.3, 0.4) is 0 Å². The van der Waals surface area contributed by atoms with Crippen LogP contribution in [0.2, 0.25) is 5.02 Å². The Morgan fingerprint density at radius 1 is 1.38 bits per heavy atom. The second-order valence-corrected chi connectivity index (χ2v) is 7.14. The third kappa shape index (κ3) is 6.42. The summed E-state index contributed by atoms with van der Waals surface area (Å²) in [6, 6.07) is 8.12. The predicted molar refractivity (Wildman–Crippen MR) is 98.5 cm³/mol. The number of piperidine rings is 1. The van der Waals surface area contributed by atoms with Crippen LogP contribution in [0, 0.1) is 5.92 Å². The number of rotatable bonds is 8. The molecule has 134 valence electrons. The van der Waals surface area contributed by atoms with E-state index in [0.29, 0.717) is 18.9 Å². The van der Waals surface area contributed by atoms with Crippen molar-refractivity contribution >= 4 is 17.5 Å². The van der Waals surface area contributed by atoms with Crippen molar-refractivity contribution in [3.63, 3.8) is 0 Å². The van der Waals surface area contributed by atoms with Gasteiger partial charge in [-0.3, -0.25) is 4.79 Å². The number of methoxy groups -OCH3 is 1. The molecule has 1 heterocycles. The van der Waals surface area contributed by atoms with E-state index in [9.17, 15) is 4.79 Å². The van der Waals surface area contributed by atoms with Gasteiger partial charge in [-0.25, -0.2) is 0 Å². The van der Waals surface area contributed by atoms with Crippen molar-refractivity contribution in [3.05, 3.63) is 34.9 Å².